The second-order valence-electron chi connectivity index (χ2n) is 4.10. The molecule has 2 rings (SSSR count). The normalized spacial score (nSPS) is 16.6. The molecule has 0 spiro atoms. The van der Waals surface area contributed by atoms with Crippen molar-refractivity contribution in [3.63, 3.8) is 0 Å². The van der Waals surface area contributed by atoms with Gasteiger partial charge in [-0.1, -0.05) is 24.5 Å². The zero-order valence-corrected chi connectivity index (χ0v) is 13.3. The third-order valence-corrected chi connectivity index (χ3v) is 2.73. The SMILES string of the molecule is O=[N+]([O-])C1=CC(Cc2[c-]ccc([N+](=O)[O-])c2)[CH-]C=C1.[Y]. The number of nitro groups is 2. The van der Waals surface area contributed by atoms with Crippen molar-refractivity contribution in [2.45, 2.75) is 6.42 Å². The number of hydrogen-bond donors (Lipinski definition) is 0. The van der Waals surface area contributed by atoms with Crippen molar-refractivity contribution < 1.29 is 42.6 Å². The largest absolute Gasteiger partial charge is 0.260 e. The van der Waals surface area contributed by atoms with Gasteiger partial charge in [0.1, 0.15) is 0 Å². The van der Waals surface area contributed by atoms with Gasteiger partial charge in [-0.3, -0.25) is 20.2 Å². The minimum Gasteiger partial charge on any atom is -0.260 e. The molecule has 20 heavy (non-hydrogen) atoms. The second-order valence-corrected chi connectivity index (χ2v) is 4.10. The molecule has 0 aliphatic heterocycles. The van der Waals surface area contributed by atoms with E-state index in [0.29, 0.717) is 12.0 Å². The quantitative estimate of drug-likeness (QED) is 0.476. The summed E-state index contributed by atoms with van der Waals surface area (Å²) < 4.78 is 0. The average molecular weight is 347 g/mol. The molecule has 101 valence electrons. The number of benzene rings is 1. The number of rotatable bonds is 4. The maximum atomic E-state index is 10.7. The average Bonchev–Trinajstić information content (AvgIpc) is 2.39. The third kappa shape index (κ3) is 4.25. The smallest absolute Gasteiger partial charge is 0.188 e. The molecule has 6 nitrogen and oxygen atoms in total. The van der Waals surface area contributed by atoms with E-state index in [-0.39, 0.29) is 50.0 Å². The summed E-state index contributed by atoms with van der Waals surface area (Å²) in [6.07, 6.45) is 6.85. The Balaban J connectivity index is 0.00000200. The van der Waals surface area contributed by atoms with Crippen molar-refractivity contribution in [2.75, 3.05) is 0 Å². The van der Waals surface area contributed by atoms with E-state index in [4.69, 9.17) is 0 Å². The molecule has 0 saturated carbocycles. The van der Waals surface area contributed by atoms with E-state index >= 15 is 0 Å². The number of non-ortho nitro benzene ring substituents is 1. The van der Waals surface area contributed by atoms with Gasteiger partial charge in [0.2, 0.25) is 0 Å². The van der Waals surface area contributed by atoms with E-state index < -0.39 is 9.85 Å². The van der Waals surface area contributed by atoms with Gasteiger partial charge in [0.25, 0.3) is 0 Å². The topological polar surface area (TPSA) is 86.3 Å². The number of nitrogens with zero attached hydrogens (tertiary/aromatic N) is 2. The van der Waals surface area contributed by atoms with Crippen molar-refractivity contribution in [3.05, 3.63) is 80.4 Å². The maximum Gasteiger partial charge on any atom is 0.188 e. The van der Waals surface area contributed by atoms with Crippen LogP contribution in [0.15, 0.2) is 42.1 Å². The summed E-state index contributed by atoms with van der Waals surface area (Å²) in [5.41, 5.74) is 0.696. The summed E-state index contributed by atoms with van der Waals surface area (Å²) >= 11 is 0. The van der Waals surface area contributed by atoms with Crippen LogP contribution in [-0.4, -0.2) is 9.85 Å². The van der Waals surface area contributed by atoms with E-state index in [2.05, 4.69) is 6.07 Å². The van der Waals surface area contributed by atoms with Crippen LogP contribution in [0.2, 0.25) is 0 Å². The summed E-state index contributed by atoms with van der Waals surface area (Å²) in [4.78, 5) is 20.4. The van der Waals surface area contributed by atoms with Gasteiger partial charge in [0.15, 0.2) is 11.4 Å². The van der Waals surface area contributed by atoms with Crippen LogP contribution >= 0.6 is 0 Å². The standard InChI is InChI=1S/C13H10N2O4.Y/c16-14(17)12-5-1-3-10(8-12)7-11-4-2-6-13(9-11)15(18)19;/h1-3,5-6,8-10H,7H2;/q-2;. The minimum atomic E-state index is -0.472. The molecule has 0 N–H and O–H groups in total. The Hall–Kier alpha value is -1.53. The van der Waals surface area contributed by atoms with Crippen molar-refractivity contribution in [1.29, 1.82) is 0 Å². The van der Waals surface area contributed by atoms with Crippen molar-refractivity contribution in [1.82, 2.24) is 0 Å². The molecule has 0 fully saturated rings. The molecular formula is C13H10N2O4Y-2. The summed E-state index contributed by atoms with van der Waals surface area (Å²) in [7, 11) is 0. The summed E-state index contributed by atoms with van der Waals surface area (Å²) in [5, 5.41) is 21.3. The monoisotopic (exact) mass is 347 g/mol. The molecule has 0 amide bonds. The number of allylic oxidation sites excluding steroid dienone is 3. The molecule has 1 aliphatic rings. The van der Waals surface area contributed by atoms with Crippen molar-refractivity contribution in [2.24, 2.45) is 5.92 Å². The van der Waals surface area contributed by atoms with E-state index in [1.165, 1.54) is 30.4 Å². The Morgan fingerprint density at radius 1 is 1.30 bits per heavy atom. The first-order valence-electron chi connectivity index (χ1n) is 5.59. The predicted octanol–water partition coefficient (Wildman–Crippen LogP) is 2.49. The first kappa shape index (κ1) is 16.5. The second kappa shape index (κ2) is 7.31. The zero-order valence-electron chi connectivity index (χ0n) is 10.4. The first-order valence-corrected chi connectivity index (χ1v) is 5.59. The number of nitro benzene ring substituents is 1. The molecule has 1 radical (unpaired) electrons. The molecule has 0 heterocycles. The molecular weight excluding hydrogens is 337 g/mol. The van der Waals surface area contributed by atoms with Crippen LogP contribution < -0.4 is 0 Å². The fourth-order valence-corrected chi connectivity index (χ4v) is 1.86. The Morgan fingerprint density at radius 3 is 2.70 bits per heavy atom. The zero-order chi connectivity index (χ0) is 13.8. The molecule has 0 bridgehead atoms. The van der Waals surface area contributed by atoms with Crippen LogP contribution in [0.5, 0.6) is 0 Å². The Bertz CT molecular complexity index is 583. The van der Waals surface area contributed by atoms with Crippen molar-refractivity contribution in [3.8, 4) is 0 Å². The van der Waals surface area contributed by atoms with Gasteiger partial charge in [-0.25, -0.2) is 12.5 Å². The van der Waals surface area contributed by atoms with Gasteiger partial charge >= 0.3 is 0 Å². The van der Waals surface area contributed by atoms with E-state index in [0.717, 1.165) is 0 Å². The van der Waals surface area contributed by atoms with E-state index in [1.807, 2.05) is 6.42 Å². The van der Waals surface area contributed by atoms with Crippen LogP contribution in [0.25, 0.3) is 0 Å². The minimum absolute atomic E-state index is 0. The maximum absolute atomic E-state index is 10.7. The van der Waals surface area contributed by atoms with Gasteiger partial charge in [-0.05, 0) is 6.08 Å². The first-order chi connectivity index (χ1) is 9.06. The fraction of sp³-hybridized carbons (Fsp3) is 0.154. The Labute approximate surface area is 140 Å². The summed E-state index contributed by atoms with van der Waals surface area (Å²) in [5.74, 6) is -0.149. The Morgan fingerprint density at radius 2 is 2.05 bits per heavy atom. The fourth-order valence-electron chi connectivity index (χ4n) is 1.86. The molecule has 0 saturated heterocycles. The molecule has 1 aromatic rings. The van der Waals surface area contributed by atoms with Crippen LogP contribution in [0.4, 0.5) is 5.69 Å². The van der Waals surface area contributed by atoms with Gasteiger partial charge in [0.05, 0.1) is 0 Å². The van der Waals surface area contributed by atoms with Gasteiger partial charge in [-0.15, -0.1) is 6.08 Å². The summed E-state index contributed by atoms with van der Waals surface area (Å²) in [6.45, 7) is 0. The number of hydrogen-bond acceptors (Lipinski definition) is 4. The Kier molecular flexibility index (Phi) is 6.04. The third-order valence-electron chi connectivity index (χ3n) is 2.73. The van der Waals surface area contributed by atoms with Crippen molar-refractivity contribution >= 4 is 5.69 Å². The van der Waals surface area contributed by atoms with E-state index in [1.54, 1.807) is 6.08 Å². The van der Waals surface area contributed by atoms with Crippen LogP contribution in [0.1, 0.15) is 5.56 Å². The predicted molar refractivity (Wildman–Crippen MR) is 67.6 cm³/mol. The van der Waals surface area contributed by atoms with Crippen LogP contribution in [0.3, 0.4) is 0 Å². The summed E-state index contributed by atoms with van der Waals surface area (Å²) in [6, 6.07) is 7.20. The molecule has 1 unspecified atom stereocenters. The van der Waals surface area contributed by atoms with Crippen LogP contribution in [-0.2, 0) is 39.1 Å². The van der Waals surface area contributed by atoms with E-state index in [9.17, 15) is 20.2 Å². The van der Waals surface area contributed by atoms with Gasteiger partial charge < -0.3 is 0 Å². The molecule has 7 heteroatoms. The van der Waals surface area contributed by atoms with Gasteiger partial charge in [-0.2, -0.15) is 17.7 Å². The molecule has 0 aromatic heterocycles. The molecule has 1 aliphatic carbocycles. The van der Waals surface area contributed by atoms with Gasteiger partial charge in [0, 0.05) is 42.6 Å². The van der Waals surface area contributed by atoms with Crippen LogP contribution in [0, 0.1) is 38.6 Å². The molecule has 1 atom stereocenters. The molecule has 1 aromatic carbocycles.